The lowest BCUT2D eigenvalue weighted by molar-refractivity contribution is 0.0951. The first kappa shape index (κ1) is 18.5. The van der Waals surface area contributed by atoms with Gasteiger partial charge in [-0.3, -0.25) is 9.78 Å². The molecule has 146 valence electrons. The Morgan fingerprint density at radius 3 is 2.55 bits per heavy atom. The van der Waals surface area contributed by atoms with Crippen LogP contribution in [0, 0.1) is 5.92 Å². The average molecular weight is 387 g/mol. The molecule has 4 rings (SSSR count). The van der Waals surface area contributed by atoms with Crippen molar-refractivity contribution in [3.05, 3.63) is 59.9 Å². The second-order valence-electron chi connectivity index (χ2n) is 7.09. The summed E-state index contributed by atoms with van der Waals surface area (Å²) in [4.78, 5) is 26.2. The SMILES string of the molecule is CC(C)CNC(=O)c1c(N)n(/N=C\c2ccncc2)c2nc3ccccc3nc12. The van der Waals surface area contributed by atoms with Gasteiger partial charge in [0.2, 0.25) is 0 Å². The quantitative estimate of drug-likeness (QED) is 0.512. The average Bonchev–Trinajstić information content (AvgIpc) is 2.99. The Balaban J connectivity index is 1.89. The Hall–Kier alpha value is -3.81. The number of amides is 1. The molecule has 4 aromatic rings. The third-order valence-corrected chi connectivity index (χ3v) is 4.40. The zero-order valence-corrected chi connectivity index (χ0v) is 16.2. The van der Waals surface area contributed by atoms with Gasteiger partial charge in [0, 0.05) is 18.9 Å². The Labute approximate surface area is 167 Å². The molecule has 29 heavy (non-hydrogen) atoms. The molecule has 0 aliphatic heterocycles. The molecular formula is C21H21N7O. The van der Waals surface area contributed by atoms with Gasteiger partial charge in [0.1, 0.15) is 16.9 Å². The molecule has 0 spiro atoms. The minimum atomic E-state index is -0.288. The maximum atomic E-state index is 12.9. The summed E-state index contributed by atoms with van der Waals surface area (Å²) in [5.41, 5.74) is 9.72. The molecule has 0 saturated carbocycles. The summed E-state index contributed by atoms with van der Waals surface area (Å²) in [6.45, 7) is 4.59. The summed E-state index contributed by atoms with van der Waals surface area (Å²) < 4.78 is 1.46. The van der Waals surface area contributed by atoms with Gasteiger partial charge in [-0.1, -0.05) is 26.0 Å². The number of hydrogen-bond acceptors (Lipinski definition) is 6. The molecule has 0 radical (unpaired) electrons. The van der Waals surface area contributed by atoms with Crippen LogP contribution in [0.1, 0.15) is 29.8 Å². The van der Waals surface area contributed by atoms with E-state index < -0.39 is 0 Å². The molecule has 3 N–H and O–H groups in total. The fourth-order valence-corrected chi connectivity index (χ4v) is 2.95. The number of pyridine rings is 1. The number of aromatic nitrogens is 4. The molecule has 0 aliphatic rings. The van der Waals surface area contributed by atoms with Crippen molar-refractivity contribution in [3.8, 4) is 0 Å². The number of para-hydroxylation sites is 2. The lowest BCUT2D eigenvalue weighted by atomic mass is 10.2. The van der Waals surface area contributed by atoms with Gasteiger partial charge in [-0.25, -0.2) is 9.97 Å². The van der Waals surface area contributed by atoms with Crippen molar-refractivity contribution in [1.82, 2.24) is 24.9 Å². The number of carbonyl (C=O) groups is 1. The summed E-state index contributed by atoms with van der Waals surface area (Å²) in [7, 11) is 0. The Morgan fingerprint density at radius 2 is 1.86 bits per heavy atom. The van der Waals surface area contributed by atoms with Crippen molar-refractivity contribution >= 4 is 40.1 Å². The Bertz CT molecular complexity index is 1210. The Kier molecular flexibility index (Phi) is 4.90. The highest BCUT2D eigenvalue weighted by Gasteiger charge is 2.24. The number of fused-ring (bicyclic) bond motifs is 2. The smallest absolute Gasteiger partial charge is 0.257 e. The van der Waals surface area contributed by atoms with Crippen LogP contribution in [-0.4, -0.2) is 38.3 Å². The number of nitrogens with one attached hydrogen (secondary N) is 1. The number of nitrogens with zero attached hydrogens (tertiary/aromatic N) is 5. The molecule has 8 nitrogen and oxygen atoms in total. The normalized spacial score (nSPS) is 11.7. The van der Waals surface area contributed by atoms with Gasteiger partial charge in [0.25, 0.3) is 5.91 Å². The minimum absolute atomic E-state index is 0.196. The van der Waals surface area contributed by atoms with Crippen molar-refractivity contribution < 1.29 is 4.79 Å². The highest BCUT2D eigenvalue weighted by atomic mass is 16.1. The van der Waals surface area contributed by atoms with Gasteiger partial charge in [0.05, 0.1) is 17.2 Å². The summed E-state index contributed by atoms with van der Waals surface area (Å²) >= 11 is 0. The number of anilines is 1. The molecule has 1 aromatic carbocycles. The molecule has 8 heteroatoms. The van der Waals surface area contributed by atoms with E-state index in [-0.39, 0.29) is 17.3 Å². The first-order valence-electron chi connectivity index (χ1n) is 9.34. The molecule has 0 unspecified atom stereocenters. The van der Waals surface area contributed by atoms with Crippen molar-refractivity contribution in [2.24, 2.45) is 11.0 Å². The maximum Gasteiger partial charge on any atom is 0.257 e. The van der Waals surface area contributed by atoms with E-state index in [1.165, 1.54) is 4.68 Å². The molecule has 0 aliphatic carbocycles. The van der Waals surface area contributed by atoms with Gasteiger partial charge >= 0.3 is 0 Å². The zero-order chi connectivity index (χ0) is 20.4. The third kappa shape index (κ3) is 3.64. The summed E-state index contributed by atoms with van der Waals surface area (Å²) in [6, 6.07) is 11.1. The van der Waals surface area contributed by atoms with Gasteiger partial charge in [-0.05, 0) is 35.7 Å². The van der Waals surface area contributed by atoms with E-state index in [1.54, 1.807) is 18.6 Å². The molecule has 3 heterocycles. The lowest BCUT2D eigenvalue weighted by Gasteiger charge is -2.07. The van der Waals surface area contributed by atoms with Crippen LogP contribution in [0.5, 0.6) is 0 Å². The van der Waals surface area contributed by atoms with E-state index in [0.29, 0.717) is 34.7 Å². The van der Waals surface area contributed by atoms with Crippen molar-refractivity contribution in [2.45, 2.75) is 13.8 Å². The zero-order valence-electron chi connectivity index (χ0n) is 16.2. The number of carbonyl (C=O) groups excluding carboxylic acids is 1. The predicted molar refractivity (Wildman–Crippen MR) is 114 cm³/mol. The number of benzene rings is 1. The van der Waals surface area contributed by atoms with E-state index in [2.05, 4.69) is 25.4 Å². The van der Waals surface area contributed by atoms with Crippen molar-refractivity contribution in [3.63, 3.8) is 0 Å². The fraction of sp³-hybridized carbons (Fsp3) is 0.190. The largest absolute Gasteiger partial charge is 0.383 e. The highest BCUT2D eigenvalue weighted by Crippen LogP contribution is 2.27. The molecule has 3 aromatic heterocycles. The topological polar surface area (TPSA) is 111 Å². The van der Waals surface area contributed by atoms with E-state index in [9.17, 15) is 4.79 Å². The van der Waals surface area contributed by atoms with E-state index in [0.717, 1.165) is 5.56 Å². The van der Waals surface area contributed by atoms with Gasteiger partial charge in [-0.15, -0.1) is 0 Å². The summed E-state index contributed by atoms with van der Waals surface area (Å²) in [5.74, 6) is 0.218. The fourth-order valence-electron chi connectivity index (χ4n) is 2.95. The summed E-state index contributed by atoms with van der Waals surface area (Å²) in [6.07, 6.45) is 5.00. The van der Waals surface area contributed by atoms with Crippen LogP contribution in [0.2, 0.25) is 0 Å². The molecule has 0 bridgehead atoms. The first-order chi connectivity index (χ1) is 14.0. The van der Waals surface area contributed by atoms with Gasteiger partial charge in [0.15, 0.2) is 5.65 Å². The van der Waals surface area contributed by atoms with Crippen LogP contribution in [0.4, 0.5) is 5.82 Å². The van der Waals surface area contributed by atoms with E-state index >= 15 is 0 Å². The minimum Gasteiger partial charge on any atom is -0.383 e. The van der Waals surface area contributed by atoms with Crippen LogP contribution in [0.15, 0.2) is 53.9 Å². The predicted octanol–water partition coefficient (Wildman–Crippen LogP) is 2.83. The highest BCUT2D eigenvalue weighted by molar-refractivity contribution is 6.10. The van der Waals surface area contributed by atoms with Crippen LogP contribution in [0.25, 0.3) is 22.2 Å². The van der Waals surface area contributed by atoms with Crippen molar-refractivity contribution in [1.29, 1.82) is 0 Å². The Morgan fingerprint density at radius 1 is 1.17 bits per heavy atom. The standard InChI is InChI=1S/C21H21N7O/c1-13(2)11-24-21(29)17-18-20(27-16-6-4-3-5-15(16)26-18)28(19(17)22)25-12-14-7-9-23-10-8-14/h3-10,12-13H,11,22H2,1-2H3,(H,24,29)/b25-12-. The maximum absolute atomic E-state index is 12.9. The third-order valence-electron chi connectivity index (χ3n) is 4.40. The van der Waals surface area contributed by atoms with Gasteiger partial charge in [-0.2, -0.15) is 9.78 Å². The summed E-state index contributed by atoms with van der Waals surface area (Å²) in [5, 5.41) is 7.37. The molecule has 1 amide bonds. The van der Waals surface area contributed by atoms with Gasteiger partial charge < -0.3 is 11.1 Å². The van der Waals surface area contributed by atoms with E-state index in [1.807, 2.05) is 50.2 Å². The van der Waals surface area contributed by atoms with Crippen molar-refractivity contribution in [2.75, 3.05) is 12.3 Å². The molecule has 0 fully saturated rings. The number of hydrogen-bond donors (Lipinski definition) is 2. The number of rotatable bonds is 5. The van der Waals surface area contributed by atoms with Crippen LogP contribution in [0.3, 0.4) is 0 Å². The first-order valence-corrected chi connectivity index (χ1v) is 9.34. The second kappa shape index (κ2) is 7.67. The monoisotopic (exact) mass is 387 g/mol. The second-order valence-corrected chi connectivity index (χ2v) is 7.09. The molecule has 0 saturated heterocycles. The number of nitrogens with two attached hydrogens (primary N) is 1. The van der Waals surface area contributed by atoms with Crippen LogP contribution >= 0.6 is 0 Å². The van der Waals surface area contributed by atoms with Crippen LogP contribution < -0.4 is 11.1 Å². The lowest BCUT2D eigenvalue weighted by Crippen LogP contribution is -2.28. The van der Waals surface area contributed by atoms with E-state index in [4.69, 9.17) is 5.73 Å². The molecule has 0 atom stereocenters. The molecular weight excluding hydrogens is 366 g/mol. The number of nitrogen functional groups attached to an aromatic ring is 1. The van der Waals surface area contributed by atoms with Crippen LogP contribution in [-0.2, 0) is 0 Å².